The number of halogens is 4. The van der Waals surface area contributed by atoms with Gasteiger partial charge >= 0.3 is 6.18 Å². The predicted octanol–water partition coefficient (Wildman–Crippen LogP) is 2.34. The highest BCUT2D eigenvalue weighted by Crippen LogP contribution is 2.30. The maximum atomic E-state index is 12.4. The molecule has 2 nitrogen and oxygen atoms in total. The summed E-state index contributed by atoms with van der Waals surface area (Å²) < 4.78 is 37.1. The Labute approximate surface area is 108 Å². The van der Waals surface area contributed by atoms with Crippen molar-refractivity contribution in [1.82, 2.24) is 9.80 Å². The Morgan fingerprint density at radius 2 is 1.59 bits per heavy atom. The van der Waals surface area contributed by atoms with Crippen molar-refractivity contribution in [1.29, 1.82) is 0 Å². The van der Waals surface area contributed by atoms with Gasteiger partial charge in [-0.05, 0) is 18.8 Å². The van der Waals surface area contributed by atoms with Gasteiger partial charge in [0, 0.05) is 39.3 Å². The quantitative estimate of drug-likeness (QED) is 0.735. The summed E-state index contributed by atoms with van der Waals surface area (Å²) in [6, 6.07) is 0. The van der Waals surface area contributed by atoms with Crippen LogP contribution in [-0.2, 0) is 0 Å². The van der Waals surface area contributed by atoms with Gasteiger partial charge in [0.15, 0.2) is 0 Å². The zero-order chi connectivity index (χ0) is 12.5. The second-order valence-electron chi connectivity index (χ2n) is 5.05. The number of rotatable bonds is 4. The summed E-state index contributed by atoms with van der Waals surface area (Å²) in [7, 11) is 0. The minimum absolute atomic E-state index is 0.0702. The highest BCUT2D eigenvalue weighted by atomic mass is 79.9. The number of piperazine rings is 1. The van der Waals surface area contributed by atoms with Crippen LogP contribution in [0.1, 0.15) is 12.8 Å². The van der Waals surface area contributed by atoms with E-state index < -0.39 is 11.0 Å². The van der Waals surface area contributed by atoms with Gasteiger partial charge in [-0.15, -0.1) is 0 Å². The molecule has 0 bridgehead atoms. The molecule has 1 aliphatic carbocycles. The Morgan fingerprint density at radius 3 is 2.06 bits per heavy atom. The lowest BCUT2D eigenvalue weighted by atomic mass is 10.2. The van der Waals surface area contributed by atoms with Gasteiger partial charge < -0.3 is 4.90 Å². The summed E-state index contributed by atoms with van der Waals surface area (Å²) >= 11 is 2.72. The molecule has 1 unspecified atom stereocenters. The van der Waals surface area contributed by atoms with Gasteiger partial charge in [-0.25, -0.2) is 0 Å². The first kappa shape index (κ1) is 13.6. The molecule has 0 spiro atoms. The van der Waals surface area contributed by atoms with Gasteiger partial charge in [0.1, 0.15) is 4.83 Å². The molecule has 6 heteroatoms. The van der Waals surface area contributed by atoms with Crippen molar-refractivity contribution in [3.63, 3.8) is 0 Å². The van der Waals surface area contributed by atoms with E-state index in [1.807, 2.05) is 4.90 Å². The first-order chi connectivity index (χ1) is 7.95. The molecule has 1 heterocycles. The normalized spacial score (nSPS) is 26.1. The van der Waals surface area contributed by atoms with E-state index >= 15 is 0 Å². The van der Waals surface area contributed by atoms with Crippen LogP contribution in [0.4, 0.5) is 13.2 Å². The van der Waals surface area contributed by atoms with Crippen LogP contribution in [0, 0.1) is 5.92 Å². The molecule has 2 fully saturated rings. The number of hydrogen-bond donors (Lipinski definition) is 0. The summed E-state index contributed by atoms with van der Waals surface area (Å²) in [5.74, 6) is 0.862. The number of nitrogens with zero attached hydrogens (tertiary/aromatic N) is 2. The molecule has 0 amide bonds. The monoisotopic (exact) mass is 314 g/mol. The molecule has 17 heavy (non-hydrogen) atoms. The molecular formula is C11H18BrF3N2. The first-order valence-corrected chi connectivity index (χ1v) is 7.02. The Hall–Kier alpha value is 0.190. The molecule has 2 aliphatic rings. The van der Waals surface area contributed by atoms with Gasteiger partial charge in [0.2, 0.25) is 0 Å². The van der Waals surface area contributed by atoms with Crippen molar-refractivity contribution < 1.29 is 13.2 Å². The average molecular weight is 315 g/mol. The zero-order valence-corrected chi connectivity index (χ0v) is 11.3. The van der Waals surface area contributed by atoms with Crippen LogP contribution in [0.25, 0.3) is 0 Å². The molecule has 0 aromatic carbocycles. The van der Waals surface area contributed by atoms with E-state index in [4.69, 9.17) is 0 Å². The molecule has 0 aromatic rings. The van der Waals surface area contributed by atoms with Crippen molar-refractivity contribution in [2.45, 2.75) is 23.8 Å². The van der Waals surface area contributed by atoms with Crippen molar-refractivity contribution in [2.24, 2.45) is 5.92 Å². The van der Waals surface area contributed by atoms with Crippen LogP contribution in [0.2, 0.25) is 0 Å². The smallest absolute Gasteiger partial charge is 0.301 e. The standard InChI is InChI=1S/C11H18BrF3N2/c12-10(11(13,14)15)8-17-5-3-16(4-6-17)7-9-1-2-9/h9-10H,1-8H2. The molecule has 100 valence electrons. The van der Waals surface area contributed by atoms with Crippen LogP contribution in [-0.4, -0.2) is 60.1 Å². The second kappa shape index (κ2) is 5.45. The molecule has 1 aliphatic heterocycles. The molecule has 2 rings (SSSR count). The summed E-state index contributed by atoms with van der Waals surface area (Å²) in [4.78, 5) is 2.88. The van der Waals surface area contributed by atoms with Gasteiger partial charge in [-0.1, -0.05) is 15.9 Å². The Morgan fingerprint density at radius 1 is 1.06 bits per heavy atom. The molecule has 1 atom stereocenters. The van der Waals surface area contributed by atoms with Crippen LogP contribution < -0.4 is 0 Å². The first-order valence-electron chi connectivity index (χ1n) is 6.10. The minimum Gasteiger partial charge on any atom is -0.301 e. The predicted molar refractivity (Wildman–Crippen MR) is 64.4 cm³/mol. The second-order valence-corrected chi connectivity index (χ2v) is 6.16. The van der Waals surface area contributed by atoms with Crippen LogP contribution in [0.5, 0.6) is 0 Å². The van der Waals surface area contributed by atoms with E-state index in [-0.39, 0.29) is 6.54 Å². The van der Waals surface area contributed by atoms with E-state index in [1.165, 1.54) is 12.8 Å². The van der Waals surface area contributed by atoms with E-state index in [0.717, 1.165) is 38.6 Å². The Balaban J connectivity index is 1.67. The van der Waals surface area contributed by atoms with E-state index in [0.29, 0.717) is 0 Å². The lowest BCUT2D eigenvalue weighted by Gasteiger charge is -2.35. The average Bonchev–Trinajstić information content (AvgIpc) is 3.03. The van der Waals surface area contributed by atoms with Crippen LogP contribution >= 0.6 is 15.9 Å². The third kappa shape index (κ3) is 4.41. The van der Waals surface area contributed by atoms with Crippen LogP contribution in [0.15, 0.2) is 0 Å². The molecule has 0 aromatic heterocycles. The molecule has 0 N–H and O–H groups in total. The number of alkyl halides is 4. The number of hydrogen-bond acceptors (Lipinski definition) is 2. The molecule has 1 saturated carbocycles. The molecule has 0 radical (unpaired) electrons. The maximum absolute atomic E-state index is 12.4. The van der Waals surface area contributed by atoms with Gasteiger partial charge in [-0.3, -0.25) is 4.90 Å². The van der Waals surface area contributed by atoms with Gasteiger partial charge in [-0.2, -0.15) is 13.2 Å². The van der Waals surface area contributed by atoms with Crippen molar-refractivity contribution >= 4 is 15.9 Å². The summed E-state index contributed by atoms with van der Waals surface area (Å²) in [5, 5.41) is 0. The highest BCUT2D eigenvalue weighted by molar-refractivity contribution is 9.09. The van der Waals surface area contributed by atoms with E-state index in [2.05, 4.69) is 20.8 Å². The molecule has 1 saturated heterocycles. The Bertz CT molecular complexity index is 248. The highest BCUT2D eigenvalue weighted by Gasteiger charge is 2.39. The van der Waals surface area contributed by atoms with Gasteiger partial charge in [0.05, 0.1) is 0 Å². The summed E-state index contributed by atoms with van der Waals surface area (Å²) in [6.07, 6.45) is -1.47. The van der Waals surface area contributed by atoms with E-state index in [9.17, 15) is 13.2 Å². The third-order valence-electron chi connectivity index (χ3n) is 3.45. The van der Waals surface area contributed by atoms with E-state index in [1.54, 1.807) is 0 Å². The Kier molecular flexibility index (Phi) is 4.36. The third-order valence-corrected chi connectivity index (χ3v) is 4.26. The lowest BCUT2D eigenvalue weighted by molar-refractivity contribution is -0.131. The SMILES string of the molecule is FC(F)(F)C(Br)CN1CCN(CC2CC2)CC1. The van der Waals surface area contributed by atoms with Crippen molar-refractivity contribution in [3.8, 4) is 0 Å². The minimum atomic E-state index is -4.13. The fraction of sp³-hybridized carbons (Fsp3) is 1.00. The summed E-state index contributed by atoms with van der Waals surface area (Å²) in [6.45, 7) is 4.55. The van der Waals surface area contributed by atoms with Crippen molar-refractivity contribution in [3.05, 3.63) is 0 Å². The topological polar surface area (TPSA) is 6.48 Å². The maximum Gasteiger partial charge on any atom is 0.402 e. The fourth-order valence-corrected chi connectivity index (χ4v) is 2.56. The van der Waals surface area contributed by atoms with Crippen molar-refractivity contribution in [2.75, 3.05) is 39.3 Å². The summed E-state index contributed by atoms with van der Waals surface area (Å²) in [5.41, 5.74) is 0. The molecular weight excluding hydrogens is 297 g/mol. The van der Waals surface area contributed by atoms with Gasteiger partial charge in [0.25, 0.3) is 0 Å². The zero-order valence-electron chi connectivity index (χ0n) is 9.72. The van der Waals surface area contributed by atoms with Crippen LogP contribution in [0.3, 0.4) is 0 Å². The lowest BCUT2D eigenvalue weighted by Crippen LogP contribution is -2.49. The fourth-order valence-electron chi connectivity index (χ4n) is 2.15. The largest absolute Gasteiger partial charge is 0.402 e.